The lowest BCUT2D eigenvalue weighted by atomic mass is 10.1. The number of alkyl halides is 1. The molecular formula is C13H12ClFN4O. The first-order valence-electron chi connectivity index (χ1n) is 5.77. The lowest BCUT2D eigenvalue weighted by Gasteiger charge is -2.11. The van der Waals surface area contributed by atoms with Crippen LogP contribution in [0.15, 0.2) is 54.7 Å². The first-order chi connectivity index (χ1) is 9.72. The maximum absolute atomic E-state index is 14.4. The zero-order valence-corrected chi connectivity index (χ0v) is 11.2. The number of nitrogens with zero attached hydrogens (tertiary/aromatic N) is 4. The van der Waals surface area contributed by atoms with Gasteiger partial charge in [0.05, 0.1) is 0 Å². The van der Waals surface area contributed by atoms with E-state index < -0.39 is 6.30 Å². The first-order valence-corrected chi connectivity index (χ1v) is 6.15. The summed E-state index contributed by atoms with van der Waals surface area (Å²) < 4.78 is 15.5. The van der Waals surface area contributed by atoms with Crippen LogP contribution in [0.25, 0.3) is 0 Å². The van der Waals surface area contributed by atoms with E-state index in [1.807, 2.05) is 0 Å². The van der Waals surface area contributed by atoms with Crippen molar-refractivity contribution in [3.8, 4) is 0 Å². The molecule has 0 aliphatic rings. The summed E-state index contributed by atoms with van der Waals surface area (Å²) in [5.41, 5.74) is 0.621. The monoisotopic (exact) mass is 294 g/mol. The Hall–Kier alpha value is -2.21. The molecule has 0 amide bonds. The lowest BCUT2D eigenvalue weighted by molar-refractivity contribution is 0.168. The fourth-order valence-corrected chi connectivity index (χ4v) is 1.60. The zero-order valence-electron chi connectivity index (χ0n) is 10.5. The molecule has 1 heterocycles. The Morgan fingerprint density at radius 3 is 2.85 bits per heavy atom. The van der Waals surface area contributed by atoms with Crippen LogP contribution in [0.1, 0.15) is 11.9 Å². The predicted octanol–water partition coefficient (Wildman–Crippen LogP) is 3.01. The van der Waals surface area contributed by atoms with E-state index >= 15 is 0 Å². The average molecular weight is 295 g/mol. The highest BCUT2D eigenvalue weighted by atomic mass is 35.5. The third-order valence-electron chi connectivity index (χ3n) is 2.39. The van der Waals surface area contributed by atoms with Gasteiger partial charge in [0.15, 0.2) is 0 Å². The SMILES string of the molecule is C=CCON=C(c1ccc(Cl)cc1)C(F)n1cncn1. The molecule has 104 valence electrons. The quantitative estimate of drug-likeness (QED) is 0.356. The number of halogens is 2. The van der Waals surface area contributed by atoms with Crippen molar-refractivity contribution >= 4 is 17.3 Å². The molecule has 2 aromatic rings. The van der Waals surface area contributed by atoms with Crippen molar-refractivity contribution in [2.24, 2.45) is 5.16 Å². The first kappa shape index (κ1) is 14.2. The van der Waals surface area contributed by atoms with Gasteiger partial charge in [-0.05, 0) is 12.1 Å². The summed E-state index contributed by atoms with van der Waals surface area (Å²) in [5.74, 6) is 0. The average Bonchev–Trinajstić information content (AvgIpc) is 2.98. The van der Waals surface area contributed by atoms with E-state index in [0.717, 1.165) is 4.68 Å². The molecule has 20 heavy (non-hydrogen) atoms. The summed E-state index contributed by atoms with van der Waals surface area (Å²) in [5, 5.41) is 8.12. The smallest absolute Gasteiger partial charge is 0.239 e. The molecule has 5 nitrogen and oxygen atoms in total. The second-order valence-electron chi connectivity index (χ2n) is 3.78. The minimum absolute atomic E-state index is 0.0778. The molecule has 1 aromatic heterocycles. The Morgan fingerprint density at radius 2 is 2.25 bits per heavy atom. The van der Waals surface area contributed by atoms with Crippen LogP contribution >= 0.6 is 11.6 Å². The Labute approximate surface area is 120 Å². The summed E-state index contributed by atoms with van der Waals surface area (Å²) in [6.45, 7) is 3.69. The van der Waals surface area contributed by atoms with Crippen LogP contribution in [-0.2, 0) is 4.84 Å². The summed E-state index contributed by atoms with van der Waals surface area (Å²) in [4.78, 5) is 8.69. The molecule has 0 radical (unpaired) electrons. The predicted molar refractivity (Wildman–Crippen MR) is 74.3 cm³/mol. The van der Waals surface area contributed by atoms with Gasteiger partial charge in [-0.1, -0.05) is 41.5 Å². The molecular weight excluding hydrogens is 283 g/mol. The van der Waals surface area contributed by atoms with Crippen LogP contribution in [0.2, 0.25) is 5.02 Å². The van der Waals surface area contributed by atoms with E-state index in [1.54, 1.807) is 24.3 Å². The van der Waals surface area contributed by atoms with Crippen molar-refractivity contribution in [3.05, 3.63) is 60.2 Å². The summed E-state index contributed by atoms with van der Waals surface area (Å²) in [6.07, 6.45) is 2.43. The molecule has 1 aromatic carbocycles. The van der Waals surface area contributed by atoms with Crippen molar-refractivity contribution in [1.29, 1.82) is 0 Å². The highest BCUT2D eigenvalue weighted by molar-refractivity contribution is 6.30. The fraction of sp³-hybridized carbons (Fsp3) is 0.154. The van der Waals surface area contributed by atoms with Crippen LogP contribution in [0, 0.1) is 0 Å². The van der Waals surface area contributed by atoms with Crippen molar-refractivity contribution in [2.45, 2.75) is 6.30 Å². The minimum Gasteiger partial charge on any atom is -0.391 e. The molecule has 7 heteroatoms. The van der Waals surface area contributed by atoms with Crippen molar-refractivity contribution in [1.82, 2.24) is 14.8 Å². The van der Waals surface area contributed by atoms with E-state index in [0.29, 0.717) is 10.6 Å². The van der Waals surface area contributed by atoms with E-state index in [2.05, 4.69) is 21.8 Å². The van der Waals surface area contributed by atoms with E-state index in [4.69, 9.17) is 16.4 Å². The standard InChI is InChI=1S/C13H12ClFN4O/c1-2-7-20-18-12(10-3-5-11(14)6-4-10)13(15)19-9-16-8-17-19/h2-6,8-9,13H,1,7H2. The van der Waals surface area contributed by atoms with Gasteiger partial charge in [0.1, 0.15) is 25.0 Å². The van der Waals surface area contributed by atoms with Crippen LogP contribution in [0.3, 0.4) is 0 Å². The summed E-state index contributed by atoms with van der Waals surface area (Å²) >= 11 is 5.82. The minimum atomic E-state index is -1.61. The van der Waals surface area contributed by atoms with E-state index in [-0.39, 0.29) is 12.3 Å². The van der Waals surface area contributed by atoms with Crippen molar-refractivity contribution in [3.63, 3.8) is 0 Å². The molecule has 1 unspecified atom stereocenters. The van der Waals surface area contributed by atoms with Gasteiger partial charge in [-0.15, -0.1) is 0 Å². The van der Waals surface area contributed by atoms with Crippen LogP contribution in [0.4, 0.5) is 4.39 Å². The molecule has 0 N–H and O–H groups in total. The number of aromatic nitrogens is 3. The summed E-state index contributed by atoms with van der Waals surface area (Å²) in [7, 11) is 0. The Bertz CT molecular complexity index is 583. The Kier molecular flexibility index (Phi) is 4.84. The number of hydrogen-bond donors (Lipinski definition) is 0. The van der Waals surface area contributed by atoms with Crippen LogP contribution in [0.5, 0.6) is 0 Å². The van der Waals surface area contributed by atoms with Crippen LogP contribution < -0.4 is 0 Å². The van der Waals surface area contributed by atoms with Gasteiger partial charge in [-0.25, -0.2) is 14.1 Å². The second kappa shape index (κ2) is 6.81. The molecule has 0 spiro atoms. The van der Waals surface area contributed by atoms with Crippen molar-refractivity contribution in [2.75, 3.05) is 6.61 Å². The molecule has 0 saturated carbocycles. The molecule has 2 rings (SSSR count). The van der Waals surface area contributed by atoms with Gasteiger partial charge in [0.25, 0.3) is 0 Å². The van der Waals surface area contributed by atoms with Gasteiger partial charge in [-0.2, -0.15) is 5.10 Å². The molecule has 0 fully saturated rings. The maximum Gasteiger partial charge on any atom is 0.239 e. The molecule has 0 aliphatic heterocycles. The lowest BCUT2D eigenvalue weighted by Crippen LogP contribution is -2.17. The Morgan fingerprint density at radius 1 is 1.50 bits per heavy atom. The van der Waals surface area contributed by atoms with Gasteiger partial charge in [0.2, 0.25) is 6.30 Å². The zero-order chi connectivity index (χ0) is 14.4. The molecule has 0 saturated heterocycles. The van der Waals surface area contributed by atoms with Gasteiger partial charge >= 0.3 is 0 Å². The molecule has 0 bridgehead atoms. The number of oxime groups is 1. The van der Waals surface area contributed by atoms with Crippen LogP contribution in [-0.4, -0.2) is 27.1 Å². The highest BCUT2D eigenvalue weighted by Crippen LogP contribution is 2.18. The topological polar surface area (TPSA) is 52.3 Å². The van der Waals surface area contributed by atoms with Crippen molar-refractivity contribution < 1.29 is 9.23 Å². The number of rotatable bonds is 6. The maximum atomic E-state index is 14.4. The van der Waals surface area contributed by atoms with E-state index in [9.17, 15) is 4.39 Å². The summed E-state index contributed by atoms with van der Waals surface area (Å²) in [6, 6.07) is 6.60. The fourth-order valence-electron chi connectivity index (χ4n) is 1.47. The third kappa shape index (κ3) is 3.42. The number of hydrogen-bond acceptors (Lipinski definition) is 4. The van der Waals surface area contributed by atoms with Gasteiger partial charge in [0, 0.05) is 10.6 Å². The largest absolute Gasteiger partial charge is 0.391 e. The third-order valence-corrected chi connectivity index (χ3v) is 2.64. The normalized spacial score (nSPS) is 13.0. The number of benzene rings is 1. The highest BCUT2D eigenvalue weighted by Gasteiger charge is 2.20. The van der Waals surface area contributed by atoms with Gasteiger partial charge in [-0.3, -0.25) is 0 Å². The Balaban J connectivity index is 2.31. The second-order valence-corrected chi connectivity index (χ2v) is 4.22. The van der Waals surface area contributed by atoms with E-state index in [1.165, 1.54) is 18.7 Å². The molecule has 1 atom stereocenters. The molecule has 0 aliphatic carbocycles. The van der Waals surface area contributed by atoms with Gasteiger partial charge < -0.3 is 4.84 Å².